The summed E-state index contributed by atoms with van der Waals surface area (Å²) >= 11 is 0. The Morgan fingerprint density at radius 2 is 1.83 bits per heavy atom. The predicted octanol–water partition coefficient (Wildman–Crippen LogP) is 4.36. The fourth-order valence-electron chi connectivity index (χ4n) is 2.04. The molecule has 0 saturated carbocycles. The summed E-state index contributed by atoms with van der Waals surface area (Å²) in [6.07, 6.45) is 9.88. The summed E-state index contributed by atoms with van der Waals surface area (Å²) in [4.78, 5) is 0.291. The Hall–Kier alpha value is -1.66. The van der Waals surface area contributed by atoms with Crippen LogP contribution in [0.25, 0.3) is 5.57 Å². The van der Waals surface area contributed by atoms with Crippen LogP contribution in [0, 0.1) is 0 Å². The van der Waals surface area contributed by atoms with E-state index >= 15 is 0 Å². The molecule has 0 radical (unpaired) electrons. The van der Waals surface area contributed by atoms with Crippen molar-refractivity contribution in [2.45, 2.75) is 47.5 Å². The molecule has 1 aromatic heterocycles. The van der Waals surface area contributed by atoms with Gasteiger partial charge in [0.15, 0.2) is 0 Å². The normalized spacial score (nSPS) is 12.3. The predicted molar refractivity (Wildman–Crippen MR) is 103 cm³/mol. The van der Waals surface area contributed by atoms with Gasteiger partial charge in [-0.15, -0.1) is 0 Å². The van der Waals surface area contributed by atoms with Crippen LogP contribution in [0.5, 0.6) is 0 Å². The lowest BCUT2D eigenvalue weighted by Crippen LogP contribution is -2.33. The fourth-order valence-corrected chi connectivity index (χ4v) is 3.72. The van der Waals surface area contributed by atoms with Crippen LogP contribution in [-0.4, -0.2) is 36.0 Å². The first kappa shape index (κ1) is 22.3. The van der Waals surface area contributed by atoms with Crippen LogP contribution in [0.4, 0.5) is 0 Å². The van der Waals surface area contributed by atoms with Crippen molar-refractivity contribution in [1.82, 2.24) is 14.5 Å². The number of sulfonamides is 1. The van der Waals surface area contributed by atoms with Gasteiger partial charge < -0.3 is 0 Å². The molecule has 24 heavy (non-hydrogen) atoms. The zero-order valence-electron chi connectivity index (χ0n) is 15.5. The molecule has 136 valence electrons. The van der Waals surface area contributed by atoms with Gasteiger partial charge in [-0.1, -0.05) is 46.4 Å². The van der Waals surface area contributed by atoms with Crippen molar-refractivity contribution in [3.05, 3.63) is 47.7 Å². The van der Waals surface area contributed by atoms with E-state index in [4.69, 9.17) is 0 Å². The highest BCUT2D eigenvalue weighted by Gasteiger charge is 2.23. The van der Waals surface area contributed by atoms with Crippen molar-refractivity contribution < 1.29 is 8.42 Å². The van der Waals surface area contributed by atoms with Crippen molar-refractivity contribution >= 4 is 15.6 Å². The first-order valence-corrected chi connectivity index (χ1v) is 9.93. The zero-order chi connectivity index (χ0) is 18.6. The Kier molecular flexibility index (Phi) is 11.0. The van der Waals surface area contributed by atoms with Crippen LogP contribution < -0.4 is 0 Å². The fraction of sp³-hybridized carbons (Fsp3) is 0.500. The van der Waals surface area contributed by atoms with Gasteiger partial charge in [-0.05, 0) is 31.4 Å². The van der Waals surface area contributed by atoms with Gasteiger partial charge in [0.25, 0.3) is 0 Å². The molecule has 1 rings (SSSR count). The van der Waals surface area contributed by atoms with Gasteiger partial charge in [-0.2, -0.15) is 9.40 Å². The van der Waals surface area contributed by atoms with Gasteiger partial charge in [0.2, 0.25) is 10.0 Å². The molecule has 1 N–H and O–H groups in total. The number of aromatic nitrogens is 2. The van der Waals surface area contributed by atoms with E-state index in [1.165, 1.54) is 4.31 Å². The third kappa shape index (κ3) is 6.45. The molecule has 0 aliphatic rings. The summed E-state index contributed by atoms with van der Waals surface area (Å²) in [5.74, 6) is 0. The Labute approximate surface area is 147 Å². The third-order valence-corrected chi connectivity index (χ3v) is 5.20. The van der Waals surface area contributed by atoms with E-state index < -0.39 is 10.0 Å². The van der Waals surface area contributed by atoms with Crippen molar-refractivity contribution in [2.75, 3.05) is 13.1 Å². The van der Waals surface area contributed by atoms with E-state index in [0.29, 0.717) is 23.6 Å². The second-order valence-electron chi connectivity index (χ2n) is 4.94. The minimum Gasteiger partial charge on any atom is -0.285 e. The van der Waals surface area contributed by atoms with Gasteiger partial charge in [-0.3, -0.25) is 5.10 Å². The van der Waals surface area contributed by atoms with Crippen molar-refractivity contribution in [3.8, 4) is 0 Å². The minimum absolute atomic E-state index is 0.291. The van der Waals surface area contributed by atoms with E-state index in [1.54, 1.807) is 37.5 Å². The van der Waals surface area contributed by atoms with Crippen molar-refractivity contribution in [1.29, 1.82) is 0 Å². The van der Waals surface area contributed by atoms with Crippen LogP contribution in [-0.2, 0) is 10.0 Å². The molecule has 0 unspecified atom stereocenters. The molecule has 0 aliphatic carbocycles. The van der Waals surface area contributed by atoms with Gasteiger partial charge in [0.05, 0.1) is 11.1 Å². The third-order valence-electron chi connectivity index (χ3n) is 3.19. The minimum atomic E-state index is -3.46. The SMILES string of the molecule is C=C(/C=C\C(=C/C)S(=O)(=O)N(CCC)CCC)c1cn[nH]c1.CC. The topological polar surface area (TPSA) is 66.1 Å². The number of aromatic amines is 1. The average Bonchev–Trinajstić information content (AvgIpc) is 3.11. The zero-order valence-corrected chi connectivity index (χ0v) is 16.4. The molecule has 0 spiro atoms. The number of nitrogens with zero attached hydrogens (tertiary/aromatic N) is 2. The van der Waals surface area contributed by atoms with E-state index in [9.17, 15) is 8.42 Å². The second kappa shape index (κ2) is 11.8. The van der Waals surface area contributed by atoms with Crippen LogP contribution >= 0.6 is 0 Å². The molecule has 0 amide bonds. The van der Waals surface area contributed by atoms with Gasteiger partial charge in [-0.25, -0.2) is 8.42 Å². The Morgan fingerprint density at radius 3 is 2.25 bits per heavy atom. The summed E-state index contributed by atoms with van der Waals surface area (Å²) in [6.45, 7) is 14.7. The summed E-state index contributed by atoms with van der Waals surface area (Å²) in [5.41, 5.74) is 1.55. The summed E-state index contributed by atoms with van der Waals surface area (Å²) in [5, 5.41) is 6.56. The number of hydrogen-bond acceptors (Lipinski definition) is 3. The second-order valence-corrected chi connectivity index (χ2v) is 6.88. The van der Waals surface area contributed by atoms with Crippen molar-refractivity contribution in [3.63, 3.8) is 0 Å². The molecular formula is C18H31N3O2S. The first-order chi connectivity index (χ1) is 11.5. The quantitative estimate of drug-likeness (QED) is 0.671. The standard InChI is InChI=1S/C16H25N3O2S.C2H6/c1-5-10-19(11-6-2)22(20,21)16(7-3)9-8-14(4)15-12-17-18-13-15;1-2/h7-9,12-13H,4-6,10-11H2,1-3H3,(H,17,18);1-2H3/b9-8-,16-7+;. The number of nitrogens with one attached hydrogen (secondary N) is 1. The lowest BCUT2D eigenvalue weighted by molar-refractivity contribution is 0.415. The molecular weight excluding hydrogens is 322 g/mol. The van der Waals surface area contributed by atoms with Gasteiger partial charge in [0.1, 0.15) is 0 Å². The summed E-state index contributed by atoms with van der Waals surface area (Å²) in [6, 6.07) is 0. The Morgan fingerprint density at radius 1 is 1.25 bits per heavy atom. The van der Waals surface area contributed by atoms with Gasteiger partial charge >= 0.3 is 0 Å². The number of rotatable bonds is 9. The molecule has 0 aromatic carbocycles. The highest BCUT2D eigenvalue weighted by molar-refractivity contribution is 7.93. The molecule has 6 heteroatoms. The van der Waals surface area contributed by atoms with Crippen molar-refractivity contribution in [2.24, 2.45) is 0 Å². The molecule has 1 aromatic rings. The number of allylic oxidation sites excluding steroid dienone is 4. The van der Waals surface area contributed by atoms with E-state index in [1.807, 2.05) is 27.7 Å². The molecule has 0 fully saturated rings. The van der Waals surface area contributed by atoms with E-state index in [2.05, 4.69) is 16.8 Å². The van der Waals surface area contributed by atoms with Crippen LogP contribution in [0.1, 0.15) is 53.0 Å². The molecule has 0 bridgehead atoms. The highest BCUT2D eigenvalue weighted by atomic mass is 32.2. The largest absolute Gasteiger partial charge is 0.285 e. The van der Waals surface area contributed by atoms with Gasteiger partial charge in [0, 0.05) is 24.8 Å². The first-order valence-electron chi connectivity index (χ1n) is 8.49. The molecule has 1 heterocycles. The molecule has 0 aliphatic heterocycles. The highest BCUT2D eigenvalue weighted by Crippen LogP contribution is 2.18. The maximum absolute atomic E-state index is 12.7. The number of H-pyrrole nitrogens is 1. The van der Waals surface area contributed by atoms with Crippen LogP contribution in [0.3, 0.4) is 0 Å². The Balaban J connectivity index is 0.00000254. The summed E-state index contributed by atoms with van der Waals surface area (Å²) in [7, 11) is -3.46. The maximum atomic E-state index is 12.7. The number of hydrogen-bond donors (Lipinski definition) is 1. The summed E-state index contributed by atoms with van der Waals surface area (Å²) < 4.78 is 26.9. The lowest BCUT2D eigenvalue weighted by atomic mass is 10.1. The van der Waals surface area contributed by atoms with E-state index in [-0.39, 0.29) is 0 Å². The van der Waals surface area contributed by atoms with Crippen LogP contribution in [0.15, 0.2) is 42.1 Å². The lowest BCUT2D eigenvalue weighted by Gasteiger charge is -2.21. The molecule has 0 saturated heterocycles. The monoisotopic (exact) mass is 353 g/mol. The molecule has 0 atom stereocenters. The Bertz CT molecular complexity index is 623. The smallest absolute Gasteiger partial charge is 0.242 e. The van der Waals surface area contributed by atoms with E-state index in [0.717, 1.165) is 18.4 Å². The average molecular weight is 354 g/mol. The maximum Gasteiger partial charge on any atom is 0.242 e. The molecule has 5 nitrogen and oxygen atoms in total. The van der Waals surface area contributed by atoms with Crippen LogP contribution in [0.2, 0.25) is 0 Å².